The molecule has 0 radical (unpaired) electrons. The molecule has 0 bridgehead atoms. The number of ether oxygens (including phenoxy) is 4. The average molecular weight is 980 g/mol. The molecule has 0 aromatic rings. The number of aliphatic hydroxyl groups is 4. The number of hydrogen-bond donors (Lipinski definition) is 4. The summed E-state index contributed by atoms with van der Waals surface area (Å²) < 4.78 is 23.0. The Morgan fingerprint density at radius 1 is 0.464 bits per heavy atom. The highest BCUT2D eigenvalue weighted by Crippen LogP contribution is 2.23. The monoisotopic (exact) mass is 979 g/mol. The van der Waals surface area contributed by atoms with Crippen molar-refractivity contribution in [1.82, 2.24) is 0 Å². The highest BCUT2D eigenvalue weighted by Gasteiger charge is 2.44. The molecule has 9 nitrogen and oxygen atoms in total. The van der Waals surface area contributed by atoms with E-state index in [-0.39, 0.29) is 19.2 Å². The van der Waals surface area contributed by atoms with Crippen LogP contribution in [0.1, 0.15) is 290 Å². The van der Waals surface area contributed by atoms with E-state index in [1.807, 2.05) is 0 Å². The van der Waals surface area contributed by atoms with Crippen LogP contribution in [0, 0.1) is 0 Å². The van der Waals surface area contributed by atoms with Gasteiger partial charge in [0.2, 0.25) is 0 Å². The van der Waals surface area contributed by atoms with Gasteiger partial charge in [-0.2, -0.15) is 0 Å². The van der Waals surface area contributed by atoms with E-state index in [1.165, 1.54) is 231 Å². The normalized spacial score (nSPS) is 19.1. The maximum atomic E-state index is 12.9. The first-order valence-electron chi connectivity index (χ1n) is 29.9. The average Bonchev–Trinajstić information content (AvgIpc) is 3.35. The Hall–Kier alpha value is -1.33. The van der Waals surface area contributed by atoms with Crippen LogP contribution in [0.25, 0.3) is 0 Å². The molecule has 0 spiro atoms. The van der Waals surface area contributed by atoms with Crippen molar-refractivity contribution in [3.8, 4) is 0 Å². The fourth-order valence-corrected chi connectivity index (χ4v) is 9.47. The summed E-state index contributed by atoms with van der Waals surface area (Å²) in [4.78, 5) is 12.9. The maximum Gasteiger partial charge on any atom is 0.306 e. The molecule has 69 heavy (non-hydrogen) atoms. The number of rotatable bonds is 53. The molecule has 1 fully saturated rings. The summed E-state index contributed by atoms with van der Waals surface area (Å²) in [5.74, 6) is -0.306. The smallest absolute Gasteiger partial charge is 0.306 e. The van der Waals surface area contributed by atoms with E-state index in [2.05, 4.69) is 38.2 Å². The van der Waals surface area contributed by atoms with Crippen LogP contribution >= 0.6 is 0 Å². The molecular weight excluding hydrogens is 865 g/mol. The van der Waals surface area contributed by atoms with Crippen LogP contribution in [0.4, 0.5) is 0 Å². The third-order valence-corrected chi connectivity index (χ3v) is 14.1. The lowest BCUT2D eigenvalue weighted by molar-refractivity contribution is -0.305. The number of unbranched alkanes of at least 4 members (excludes halogenated alkanes) is 38. The van der Waals surface area contributed by atoms with Crippen molar-refractivity contribution in [2.45, 2.75) is 327 Å². The Balaban J connectivity index is 2.13. The van der Waals surface area contributed by atoms with Crippen LogP contribution in [-0.2, 0) is 23.7 Å². The van der Waals surface area contributed by atoms with E-state index in [0.29, 0.717) is 13.0 Å². The van der Waals surface area contributed by atoms with Crippen molar-refractivity contribution >= 4 is 5.97 Å². The third-order valence-electron chi connectivity index (χ3n) is 14.1. The van der Waals surface area contributed by atoms with Gasteiger partial charge in [0.15, 0.2) is 6.29 Å². The second-order valence-corrected chi connectivity index (χ2v) is 20.8. The van der Waals surface area contributed by atoms with Crippen LogP contribution < -0.4 is 0 Å². The summed E-state index contributed by atoms with van der Waals surface area (Å²) in [7, 11) is 0. The van der Waals surface area contributed by atoms with Gasteiger partial charge in [-0.05, 0) is 44.9 Å². The molecule has 6 atom stereocenters. The van der Waals surface area contributed by atoms with Gasteiger partial charge in [0.25, 0.3) is 0 Å². The molecule has 1 aliphatic rings. The van der Waals surface area contributed by atoms with Gasteiger partial charge in [-0.25, -0.2) is 0 Å². The lowest BCUT2D eigenvalue weighted by Gasteiger charge is -2.39. The summed E-state index contributed by atoms with van der Waals surface area (Å²) in [5.41, 5.74) is 0. The largest absolute Gasteiger partial charge is 0.457 e. The number of aliphatic hydroxyl groups excluding tert-OH is 4. The first-order chi connectivity index (χ1) is 33.9. The first kappa shape index (κ1) is 65.7. The SMILES string of the molecule is CCCCCCC/C=C\C/C=C\CCCCCCCCCCCCCCOCC(COC1OC(CO)C(O)C(O)C1O)OC(=O)CCCCCCCCCCCCCCCCCCCCCCCC. The van der Waals surface area contributed by atoms with E-state index in [0.717, 1.165) is 38.5 Å². The molecule has 1 rings (SSSR count). The molecule has 0 aliphatic carbocycles. The fraction of sp³-hybridized carbons (Fsp3) is 0.917. The van der Waals surface area contributed by atoms with Crippen LogP contribution in [0.3, 0.4) is 0 Å². The number of esters is 1. The molecular formula is C60H114O9. The maximum absolute atomic E-state index is 12.9. The van der Waals surface area contributed by atoms with Gasteiger partial charge in [-0.1, -0.05) is 263 Å². The van der Waals surface area contributed by atoms with Gasteiger partial charge >= 0.3 is 5.97 Å². The van der Waals surface area contributed by atoms with Crippen LogP contribution in [-0.4, -0.2) is 89.6 Å². The van der Waals surface area contributed by atoms with Crippen molar-refractivity contribution in [2.24, 2.45) is 0 Å². The Morgan fingerprint density at radius 2 is 0.841 bits per heavy atom. The highest BCUT2D eigenvalue weighted by molar-refractivity contribution is 5.69. The number of carbonyl (C=O) groups excluding carboxylic acids is 1. The first-order valence-corrected chi connectivity index (χ1v) is 29.9. The van der Waals surface area contributed by atoms with Gasteiger partial charge in [-0.3, -0.25) is 4.79 Å². The predicted octanol–water partition coefficient (Wildman–Crippen LogP) is 15.7. The van der Waals surface area contributed by atoms with Gasteiger partial charge in [0.1, 0.15) is 30.5 Å². The van der Waals surface area contributed by atoms with Gasteiger partial charge in [-0.15, -0.1) is 0 Å². The topological polar surface area (TPSA) is 135 Å². The van der Waals surface area contributed by atoms with E-state index in [9.17, 15) is 25.2 Å². The second kappa shape index (κ2) is 51.6. The van der Waals surface area contributed by atoms with Crippen LogP contribution in [0.2, 0.25) is 0 Å². The molecule has 4 N–H and O–H groups in total. The Morgan fingerprint density at radius 3 is 1.25 bits per heavy atom. The molecule has 0 saturated carbocycles. The second-order valence-electron chi connectivity index (χ2n) is 20.8. The molecule has 1 saturated heterocycles. The zero-order valence-electron chi connectivity index (χ0n) is 45.3. The summed E-state index contributed by atoms with van der Waals surface area (Å²) in [6.07, 6.45) is 56.6. The van der Waals surface area contributed by atoms with E-state index in [4.69, 9.17) is 18.9 Å². The quantitative estimate of drug-likeness (QED) is 0.0267. The molecule has 0 aromatic carbocycles. The molecule has 6 unspecified atom stereocenters. The Kier molecular flexibility index (Phi) is 49.1. The third kappa shape index (κ3) is 41.8. The highest BCUT2D eigenvalue weighted by atomic mass is 16.7. The summed E-state index contributed by atoms with van der Waals surface area (Å²) in [6, 6.07) is 0. The van der Waals surface area contributed by atoms with E-state index in [1.54, 1.807) is 0 Å². The van der Waals surface area contributed by atoms with Crippen molar-refractivity contribution in [3.63, 3.8) is 0 Å². The zero-order valence-corrected chi connectivity index (χ0v) is 45.3. The van der Waals surface area contributed by atoms with Crippen LogP contribution in [0.5, 0.6) is 0 Å². The standard InChI is InChI=1S/C60H114O9/c1-3-5-7-9-11-13-15-17-19-21-23-25-27-28-30-32-34-36-38-40-42-44-46-48-50-66-52-54(53-67-60-59(65)58(64)57(63)55(51-61)69-60)68-56(62)49-47-45-43-41-39-37-35-33-31-29-26-24-22-20-18-16-14-12-10-8-6-4-2/h15,17,21,23,54-55,57-61,63-65H,3-14,16,18-20,22,24-53H2,1-2H3/b17-15-,23-21-. The molecule has 1 heterocycles. The number of carbonyl (C=O) groups is 1. The van der Waals surface area contributed by atoms with Crippen molar-refractivity contribution in [2.75, 3.05) is 26.4 Å². The number of hydrogen-bond acceptors (Lipinski definition) is 9. The molecule has 9 heteroatoms. The minimum Gasteiger partial charge on any atom is -0.457 e. The fourth-order valence-electron chi connectivity index (χ4n) is 9.47. The molecule has 0 aromatic heterocycles. The molecule has 1 aliphatic heterocycles. The van der Waals surface area contributed by atoms with Gasteiger partial charge in [0, 0.05) is 13.0 Å². The summed E-state index contributed by atoms with van der Waals surface area (Å²) in [5, 5.41) is 40.4. The molecule has 408 valence electrons. The zero-order chi connectivity index (χ0) is 49.9. The van der Waals surface area contributed by atoms with Gasteiger partial charge in [0.05, 0.1) is 19.8 Å². The summed E-state index contributed by atoms with van der Waals surface area (Å²) in [6.45, 7) is 4.61. The van der Waals surface area contributed by atoms with Crippen molar-refractivity contribution in [1.29, 1.82) is 0 Å². The van der Waals surface area contributed by atoms with Gasteiger partial charge < -0.3 is 39.4 Å². The summed E-state index contributed by atoms with van der Waals surface area (Å²) >= 11 is 0. The van der Waals surface area contributed by atoms with Crippen molar-refractivity contribution in [3.05, 3.63) is 24.3 Å². The predicted molar refractivity (Wildman–Crippen MR) is 289 cm³/mol. The lowest BCUT2D eigenvalue weighted by Crippen LogP contribution is -2.59. The van der Waals surface area contributed by atoms with E-state index < -0.39 is 43.4 Å². The number of allylic oxidation sites excluding steroid dienone is 4. The van der Waals surface area contributed by atoms with Crippen molar-refractivity contribution < 1.29 is 44.2 Å². The Bertz CT molecular complexity index is 1110. The molecule has 0 amide bonds. The van der Waals surface area contributed by atoms with Crippen LogP contribution in [0.15, 0.2) is 24.3 Å². The minimum absolute atomic E-state index is 0.109. The van der Waals surface area contributed by atoms with E-state index >= 15 is 0 Å². The lowest BCUT2D eigenvalue weighted by atomic mass is 9.99. The Labute approximate surface area is 426 Å². The minimum atomic E-state index is -1.53.